The number of hydrogen-bond acceptors (Lipinski definition) is 6. The maximum Gasteiger partial charge on any atom is 0.441 e. The number of amides is 1. The molecular weight excluding hydrogens is 517 g/mol. The second-order valence-electron chi connectivity index (χ2n) is 9.06. The zero-order valence-corrected chi connectivity index (χ0v) is 21.1. The van der Waals surface area contributed by atoms with Crippen molar-refractivity contribution < 1.29 is 27.4 Å². The summed E-state index contributed by atoms with van der Waals surface area (Å²) in [4.78, 5) is 16.2. The number of alkyl halides is 3. The Labute approximate surface area is 221 Å². The highest BCUT2D eigenvalue weighted by Gasteiger charge is 2.46. The van der Waals surface area contributed by atoms with Crippen LogP contribution in [0.3, 0.4) is 0 Å². The lowest BCUT2D eigenvalue weighted by molar-refractivity contribution is -0.114. The molecule has 0 unspecified atom stereocenters. The van der Waals surface area contributed by atoms with Crippen LogP contribution in [-0.4, -0.2) is 46.4 Å². The average molecular weight is 543 g/mol. The second kappa shape index (κ2) is 11.0. The van der Waals surface area contributed by atoms with Crippen LogP contribution >= 0.6 is 11.8 Å². The molecule has 0 atom stereocenters. The summed E-state index contributed by atoms with van der Waals surface area (Å²) in [5.74, 6) is 0.510. The highest BCUT2D eigenvalue weighted by Crippen LogP contribution is 2.36. The van der Waals surface area contributed by atoms with Crippen LogP contribution in [0.5, 0.6) is 11.5 Å². The molecule has 5 rings (SSSR count). The van der Waals surface area contributed by atoms with Crippen molar-refractivity contribution >= 4 is 39.8 Å². The molecule has 1 aliphatic carbocycles. The van der Waals surface area contributed by atoms with Gasteiger partial charge in [-0.2, -0.15) is 28.3 Å². The molecule has 0 bridgehead atoms. The van der Waals surface area contributed by atoms with E-state index in [9.17, 15) is 18.0 Å². The number of para-hydroxylation sites is 1. The largest absolute Gasteiger partial charge is 0.490 e. The Bertz CT molecular complexity index is 1320. The summed E-state index contributed by atoms with van der Waals surface area (Å²) >= 11 is 0.213. The lowest BCUT2D eigenvalue weighted by Crippen LogP contribution is -2.35. The summed E-state index contributed by atoms with van der Waals surface area (Å²) in [6.07, 6.45) is 3.04. The first kappa shape index (κ1) is 26.0. The lowest BCUT2D eigenvalue weighted by Gasteiger charge is -2.22. The molecule has 2 aliphatic heterocycles. The van der Waals surface area contributed by atoms with Crippen LogP contribution in [-0.2, 0) is 4.79 Å². The fraction of sp³-hybridized carbons (Fsp3) is 0.333. The third-order valence-corrected chi connectivity index (χ3v) is 7.44. The van der Waals surface area contributed by atoms with E-state index in [1.54, 1.807) is 24.3 Å². The number of rotatable bonds is 7. The number of carbonyl (C=O) groups is 1. The highest BCUT2D eigenvalue weighted by molar-refractivity contribution is 8.27. The van der Waals surface area contributed by atoms with Crippen molar-refractivity contribution in [1.82, 2.24) is 5.01 Å². The van der Waals surface area contributed by atoms with Crippen molar-refractivity contribution in [2.75, 3.05) is 13.2 Å². The van der Waals surface area contributed by atoms with Gasteiger partial charge in [-0.05, 0) is 60.4 Å². The first-order valence-corrected chi connectivity index (χ1v) is 13.1. The van der Waals surface area contributed by atoms with Gasteiger partial charge in [-0.15, -0.1) is 0 Å². The van der Waals surface area contributed by atoms with Crippen molar-refractivity contribution in [3.8, 4) is 11.5 Å². The van der Waals surface area contributed by atoms with Crippen molar-refractivity contribution in [2.45, 2.75) is 44.2 Å². The Morgan fingerprint density at radius 1 is 1.03 bits per heavy atom. The van der Waals surface area contributed by atoms with E-state index in [4.69, 9.17) is 14.9 Å². The van der Waals surface area contributed by atoms with Gasteiger partial charge in [0.05, 0.1) is 5.57 Å². The first-order chi connectivity index (χ1) is 18.3. The molecule has 0 aromatic heterocycles. The minimum atomic E-state index is -4.70. The summed E-state index contributed by atoms with van der Waals surface area (Å²) in [5.41, 5.74) is 1.64. The van der Waals surface area contributed by atoms with Crippen LogP contribution in [0, 0.1) is 5.41 Å². The minimum Gasteiger partial charge on any atom is -0.490 e. The van der Waals surface area contributed by atoms with E-state index < -0.39 is 23.0 Å². The molecular formula is C27H25F3N4O3S. The van der Waals surface area contributed by atoms with E-state index in [1.165, 1.54) is 43.7 Å². The highest BCUT2D eigenvalue weighted by atomic mass is 32.2. The predicted octanol–water partition coefficient (Wildman–Crippen LogP) is 6.37. The average Bonchev–Trinajstić information content (AvgIpc) is 3.36. The van der Waals surface area contributed by atoms with E-state index in [0.29, 0.717) is 17.2 Å². The molecule has 1 saturated carbocycles. The summed E-state index contributed by atoms with van der Waals surface area (Å²) < 4.78 is 50.8. The topological polar surface area (TPSA) is 87.3 Å². The van der Waals surface area contributed by atoms with Crippen LogP contribution in [0.2, 0.25) is 0 Å². The van der Waals surface area contributed by atoms with Gasteiger partial charge in [-0.1, -0.05) is 49.6 Å². The third-order valence-electron chi connectivity index (χ3n) is 6.48. The van der Waals surface area contributed by atoms with E-state index >= 15 is 0 Å². The Hall–Kier alpha value is -3.60. The molecule has 198 valence electrons. The molecule has 0 spiro atoms. The van der Waals surface area contributed by atoms with Gasteiger partial charge in [0.25, 0.3) is 5.91 Å². The number of benzene rings is 2. The fourth-order valence-electron chi connectivity index (χ4n) is 4.58. The zero-order valence-electron chi connectivity index (χ0n) is 20.3. The lowest BCUT2D eigenvalue weighted by atomic mass is 9.84. The number of nitrogens with zero attached hydrogens (tertiary/aromatic N) is 3. The number of nitrogens with one attached hydrogen (secondary N) is 1. The molecule has 1 amide bonds. The number of fused-ring (bicyclic) bond motifs is 1. The van der Waals surface area contributed by atoms with Gasteiger partial charge < -0.3 is 9.47 Å². The van der Waals surface area contributed by atoms with Gasteiger partial charge >= 0.3 is 6.18 Å². The molecule has 2 aromatic carbocycles. The van der Waals surface area contributed by atoms with E-state index in [1.807, 2.05) is 12.1 Å². The van der Waals surface area contributed by atoms with E-state index in [2.05, 4.69) is 22.2 Å². The Balaban J connectivity index is 1.21. The number of aliphatic imine (C=N–C) groups is 1. The van der Waals surface area contributed by atoms with Crippen molar-refractivity contribution in [1.29, 1.82) is 5.41 Å². The van der Waals surface area contributed by atoms with Gasteiger partial charge in [0.15, 0.2) is 5.84 Å². The number of thioether (sulfide) groups is 1. The molecule has 38 heavy (non-hydrogen) atoms. The molecule has 2 heterocycles. The van der Waals surface area contributed by atoms with Crippen molar-refractivity contribution in [2.24, 2.45) is 10.1 Å². The monoisotopic (exact) mass is 542 g/mol. The zero-order chi connectivity index (χ0) is 26.7. The minimum absolute atomic E-state index is 0.188. The molecule has 1 N–H and O–H groups in total. The smallest absolute Gasteiger partial charge is 0.441 e. The quantitative estimate of drug-likeness (QED) is 0.324. The molecule has 0 radical (unpaired) electrons. The molecule has 7 nitrogen and oxygen atoms in total. The molecule has 1 fully saturated rings. The summed E-state index contributed by atoms with van der Waals surface area (Å²) in [6, 6.07) is 15.0. The number of ether oxygens (including phenoxy) is 2. The van der Waals surface area contributed by atoms with Gasteiger partial charge in [-0.3, -0.25) is 10.2 Å². The number of hydrogen-bond donors (Lipinski definition) is 1. The van der Waals surface area contributed by atoms with Crippen LogP contribution in [0.25, 0.3) is 6.08 Å². The van der Waals surface area contributed by atoms with Crippen molar-refractivity contribution in [3.05, 3.63) is 65.2 Å². The maximum atomic E-state index is 13.0. The fourth-order valence-corrected chi connectivity index (χ4v) is 5.33. The van der Waals surface area contributed by atoms with E-state index in [0.717, 1.165) is 10.8 Å². The number of carbonyl (C=O) groups excluding carboxylic acids is 1. The molecule has 3 aliphatic rings. The number of halogens is 3. The van der Waals surface area contributed by atoms with Crippen molar-refractivity contribution in [3.63, 3.8) is 0 Å². The van der Waals surface area contributed by atoms with Crippen LogP contribution < -0.4 is 9.47 Å². The molecule has 0 saturated heterocycles. The Morgan fingerprint density at radius 3 is 2.47 bits per heavy atom. The van der Waals surface area contributed by atoms with Gasteiger partial charge in [-0.25, -0.2) is 0 Å². The Morgan fingerprint density at radius 2 is 1.74 bits per heavy atom. The second-order valence-corrected chi connectivity index (χ2v) is 10.0. The maximum absolute atomic E-state index is 13.0. The van der Waals surface area contributed by atoms with Gasteiger partial charge in [0.1, 0.15) is 24.7 Å². The normalized spacial score (nSPS) is 19.3. The van der Waals surface area contributed by atoms with Crippen LogP contribution in [0.4, 0.5) is 13.2 Å². The molecule has 2 aromatic rings. The van der Waals surface area contributed by atoms with Crippen LogP contribution in [0.1, 0.15) is 49.1 Å². The van der Waals surface area contributed by atoms with E-state index in [-0.39, 0.29) is 35.7 Å². The molecule has 11 heteroatoms. The Kier molecular flexibility index (Phi) is 7.55. The number of amidine groups is 2. The summed E-state index contributed by atoms with van der Waals surface area (Å²) in [6.45, 7) is 0.510. The van der Waals surface area contributed by atoms with Crippen LogP contribution in [0.15, 0.2) is 64.2 Å². The van der Waals surface area contributed by atoms with Gasteiger partial charge in [0.2, 0.25) is 10.2 Å². The SMILES string of the molecule is N=C1/C(=C/c2ccccc2OCCOc2ccc(C3CCCCC3)cc2)C(=O)N=C2SC(C(F)(F)F)=NN12. The van der Waals surface area contributed by atoms with Gasteiger partial charge in [0, 0.05) is 5.56 Å². The predicted molar refractivity (Wildman–Crippen MR) is 141 cm³/mol. The summed E-state index contributed by atoms with van der Waals surface area (Å²) in [5, 5.41) is 10.9. The number of hydrazone groups is 1. The summed E-state index contributed by atoms with van der Waals surface area (Å²) in [7, 11) is 0. The third kappa shape index (κ3) is 5.77. The first-order valence-electron chi connectivity index (χ1n) is 12.3. The standard InChI is InChI=1S/C27H25F3N4O3S/c28-27(29,30)25-33-34-23(31)21(24(35)32-26(34)38-25)16-19-8-4-5-9-22(19)37-15-14-36-20-12-10-18(11-13-20)17-6-2-1-3-7-17/h4-5,8-13,16-17,31H,1-3,6-7,14-15H2/b21-16-,31-23?.